The van der Waals surface area contributed by atoms with Crippen molar-refractivity contribution in [1.29, 1.82) is 0 Å². The van der Waals surface area contributed by atoms with Gasteiger partial charge in [0.05, 0.1) is 0 Å². The van der Waals surface area contributed by atoms with E-state index in [2.05, 4.69) is 41.5 Å². The minimum absolute atomic E-state index is 0. The van der Waals surface area contributed by atoms with Crippen LogP contribution in [0.1, 0.15) is 119 Å². The molecule has 194 valence electrons. The van der Waals surface area contributed by atoms with Crippen LogP contribution in [0.3, 0.4) is 0 Å². The fourth-order valence-corrected chi connectivity index (χ4v) is 8.88. The predicted molar refractivity (Wildman–Crippen MR) is 153 cm³/mol. The molecule has 0 bridgehead atoms. The fraction of sp³-hybridized carbons (Fsp3) is 1.00. The lowest BCUT2D eigenvalue weighted by Crippen LogP contribution is -1.95. The van der Waals surface area contributed by atoms with E-state index >= 15 is 0 Å². The van der Waals surface area contributed by atoms with E-state index in [0.29, 0.717) is 15.8 Å². The van der Waals surface area contributed by atoms with Crippen molar-refractivity contribution in [2.75, 3.05) is 37.0 Å². The minimum Gasteiger partial charge on any atom is -0.288 e. The van der Waals surface area contributed by atoms with Gasteiger partial charge in [-0.1, -0.05) is 80.1 Å². The van der Waals surface area contributed by atoms with Crippen LogP contribution >= 0.6 is 28.3 Å². The molecule has 0 atom stereocenters. The topological polar surface area (TPSA) is 54.4 Å². The second-order valence-corrected chi connectivity index (χ2v) is 13.9. The SMILES string of the molecule is CCCCP(CCCC)CCCC.CCCCP(CCCC)CCCC.Cl.O=[SH](=O)O. The number of hydrogen-bond acceptors (Lipinski definition) is 2. The number of unbranched alkanes of at least 4 members (excludes halogenated alkanes) is 6. The van der Waals surface area contributed by atoms with Crippen LogP contribution in [-0.4, -0.2) is 49.9 Å². The molecule has 0 unspecified atom stereocenters. The van der Waals surface area contributed by atoms with Gasteiger partial charge in [0.15, 0.2) is 0 Å². The van der Waals surface area contributed by atoms with Gasteiger partial charge in [-0.25, -0.2) is 8.42 Å². The highest BCUT2D eigenvalue weighted by atomic mass is 35.5. The molecule has 0 amide bonds. The lowest BCUT2D eigenvalue weighted by molar-refractivity contribution is 0.509. The standard InChI is InChI=1S/2C12H27P.ClH.H2O3S/c2*1-4-7-10-13(11-8-5-2)12-9-6-3;;1-4(2)3/h2*4-12H2,1-3H3;1H;4H,(H,1,2,3). The Kier molecular flexibility index (Phi) is 45.2. The van der Waals surface area contributed by atoms with Gasteiger partial charge in [0.25, 0.3) is 11.0 Å². The summed E-state index contributed by atoms with van der Waals surface area (Å²) in [4.78, 5) is 0. The Bertz CT molecular complexity index is 303. The first-order chi connectivity index (χ1) is 14.4. The molecule has 0 radical (unpaired) electrons. The van der Waals surface area contributed by atoms with Crippen molar-refractivity contribution in [3.63, 3.8) is 0 Å². The normalized spacial score (nSPS) is 10.4. The van der Waals surface area contributed by atoms with Crippen LogP contribution in [0.2, 0.25) is 0 Å². The van der Waals surface area contributed by atoms with Crippen LogP contribution in [-0.2, 0) is 11.0 Å². The summed E-state index contributed by atoms with van der Waals surface area (Å²) in [6.07, 6.45) is 26.4. The van der Waals surface area contributed by atoms with Gasteiger partial charge in [-0.3, -0.25) is 4.55 Å². The van der Waals surface area contributed by atoms with Gasteiger partial charge in [-0.05, 0) is 75.5 Å². The van der Waals surface area contributed by atoms with Gasteiger partial charge in [0.1, 0.15) is 0 Å². The lowest BCUT2D eigenvalue weighted by atomic mass is 10.4. The maximum atomic E-state index is 8.59. The molecule has 1 N–H and O–H groups in total. The number of thiol groups is 1. The van der Waals surface area contributed by atoms with Crippen LogP contribution in [0.5, 0.6) is 0 Å². The second kappa shape index (κ2) is 35.6. The highest BCUT2D eigenvalue weighted by molar-refractivity contribution is 7.66. The molecule has 31 heavy (non-hydrogen) atoms. The molecule has 0 spiro atoms. The summed E-state index contributed by atoms with van der Waals surface area (Å²) >= 11 is 0. The summed E-state index contributed by atoms with van der Waals surface area (Å²) in [6, 6.07) is 0. The molecule has 0 saturated carbocycles. The van der Waals surface area contributed by atoms with E-state index in [4.69, 9.17) is 13.0 Å². The molecule has 0 aliphatic carbocycles. The molecule has 0 aromatic heterocycles. The molecule has 0 aliphatic rings. The molecule has 0 saturated heterocycles. The first-order valence-corrected chi connectivity index (χ1v) is 17.6. The molecule has 0 fully saturated rings. The molecule has 7 heteroatoms. The van der Waals surface area contributed by atoms with Gasteiger partial charge < -0.3 is 0 Å². The fourth-order valence-electron chi connectivity index (χ4n) is 2.96. The Labute approximate surface area is 207 Å². The summed E-state index contributed by atoms with van der Waals surface area (Å²) in [6.45, 7) is 13.9. The second-order valence-electron chi connectivity index (χ2n) is 8.04. The molecular weight excluding hydrogens is 466 g/mol. The summed E-state index contributed by atoms with van der Waals surface area (Å²) in [5.41, 5.74) is 0. The first-order valence-electron chi connectivity index (χ1n) is 12.7. The van der Waals surface area contributed by atoms with E-state index < -0.39 is 11.0 Å². The highest BCUT2D eigenvalue weighted by Crippen LogP contribution is 2.39. The molecule has 0 aliphatic heterocycles. The largest absolute Gasteiger partial charge is 0.288 e. The van der Waals surface area contributed by atoms with Crippen molar-refractivity contribution in [3.8, 4) is 0 Å². The number of halogens is 1. The number of rotatable bonds is 18. The third-order valence-corrected chi connectivity index (χ3v) is 10.7. The monoisotopic (exact) mass is 522 g/mol. The molecule has 0 aromatic carbocycles. The molecule has 0 heterocycles. The van der Waals surface area contributed by atoms with Crippen molar-refractivity contribution < 1.29 is 13.0 Å². The Morgan fingerprint density at radius 2 is 0.613 bits per heavy atom. The Morgan fingerprint density at radius 1 is 0.484 bits per heavy atom. The van der Waals surface area contributed by atoms with E-state index in [1.807, 2.05) is 0 Å². The molecule has 3 nitrogen and oxygen atoms in total. The zero-order valence-corrected chi connectivity index (χ0v) is 25.2. The van der Waals surface area contributed by atoms with Gasteiger partial charge in [0.2, 0.25) is 0 Å². The zero-order chi connectivity index (χ0) is 23.5. The van der Waals surface area contributed by atoms with Crippen LogP contribution < -0.4 is 0 Å². The average Bonchev–Trinajstić information content (AvgIpc) is 2.72. The van der Waals surface area contributed by atoms with Crippen molar-refractivity contribution in [3.05, 3.63) is 0 Å². The minimum atomic E-state index is -3.12. The maximum absolute atomic E-state index is 8.59. The van der Waals surface area contributed by atoms with Crippen LogP contribution in [0.15, 0.2) is 0 Å². The summed E-state index contributed by atoms with van der Waals surface area (Å²) in [5, 5.41) is 0. The first kappa shape index (κ1) is 39.3. The van der Waals surface area contributed by atoms with Gasteiger partial charge in [0, 0.05) is 0 Å². The van der Waals surface area contributed by atoms with Crippen molar-refractivity contribution in [1.82, 2.24) is 0 Å². The van der Waals surface area contributed by atoms with Gasteiger partial charge in [-0.15, -0.1) is 28.3 Å². The maximum Gasteiger partial charge on any atom is 0.254 e. The third kappa shape index (κ3) is 41.8. The van der Waals surface area contributed by atoms with Crippen molar-refractivity contribution >= 4 is 39.2 Å². The summed E-state index contributed by atoms with van der Waals surface area (Å²) in [7, 11) is -2.28. The Morgan fingerprint density at radius 3 is 0.710 bits per heavy atom. The molecular formula is C24H57ClO3P2S. The summed E-state index contributed by atoms with van der Waals surface area (Å²) < 4.78 is 24.2. The quantitative estimate of drug-likeness (QED) is 0.107. The average molecular weight is 523 g/mol. The Hall–Kier alpha value is 1.06. The van der Waals surface area contributed by atoms with Crippen molar-refractivity contribution in [2.24, 2.45) is 0 Å². The smallest absolute Gasteiger partial charge is 0.254 e. The third-order valence-electron chi connectivity index (χ3n) is 4.97. The van der Waals surface area contributed by atoms with Crippen LogP contribution in [0.25, 0.3) is 0 Å². The van der Waals surface area contributed by atoms with E-state index in [0.717, 1.165) is 0 Å². The van der Waals surface area contributed by atoms with Gasteiger partial charge >= 0.3 is 0 Å². The van der Waals surface area contributed by atoms with Gasteiger partial charge in [-0.2, -0.15) is 0 Å². The summed E-state index contributed by atoms with van der Waals surface area (Å²) in [5.74, 6) is 0. The Balaban J connectivity index is -0.000000195. The predicted octanol–water partition coefficient (Wildman–Crippen LogP) is 9.23. The van der Waals surface area contributed by atoms with E-state index in [-0.39, 0.29) is 12.4 Å². The number of hydrogen-bond donors (Lipinski definition) is 2. The van der Waals surface area contributed by atoms with E-state index in [1.54, 1.807) is 37.0 Å². The van der Waals surface area contributed by atoms with E-state index in [1.165, 1.54) is 77.0 Å². The zero-order valence-electron chi connectivity index (χ0n) is 21.7. The molecule has 0 aromatic rings. The van der Waals surface area contributed by atoms with Crippen molar-refractivity contribution in [2.45, 2.75) is 119 Å². The lowest BCUT2D eigenvalue weighted by Gasteiger charge is -2.16. The van der Waals surface area contributed by atoms with Crippen LogP contribution in [0.4, 0.5) is 0 Å². The highest BCUT2D eigenvalue weighted by Gasteiger charge is 2.06. The van der Waals surface area contributed by atoms with E-state index in [9.17, 15) is 0 Å². The molecule has 0 rings (SSSR count). The van der Waals surface area contributed by atoms with Crippen LogP contribution in [0, 0.1) is 0 Å².